The van der Waals surface area contributed by atoms with Crippen molar-refractivity contribution in [3.8, 4) is 16.4 Å². The summed E-state index contributed by atoms with van der Waals surface area (Å²) in [7, 11) is 0. The van der Waals surface area contributed by atoms with Gasteiger partial charge in [0.1, 0.15) is 5.82 Å². The molecule has 0 aliphatic carbocycles. The third-order valence-electron chi connectivity index (χ3n) is 5.27. The number of aromatic nitrogens is 5. The van der Waals surface area contributed by atoms with E-state index in [9.17, 15) is 9.18 Å². The molecule has 0 N–H and O–H groups in total. The predicted molar refractivity (Wildman–Crippen MR) is 112 cm³/mol. The van der Waals surface area contributed by atoms with Crippen molar-refractivity contribution in [3.63, 3.8) is 0 Å². The lowest BCUT2D eigenvalue weighted by Gasteiger charge is -2.29. The Morgan fingerprint density at radius 1 is 1.19 bits per heavy atom. The molecule has 10 heteroatoms. The smallest absolute Gasteiger partial charge is 0.293 e. The van der Waals surface area contributed by atoms with E-state index in [2.05, 4.69) is 20.2 Å². The second-order valence-electron chi connectivity index (χ2n) is 7.37. The molecule has 3 aromatic heterocycles. The predicted octanol–water partition coefficient (Wildman–Crippen LogP) is 3.85. The van der Waals surface area contributed by atoms with Gasteiger partial charge in [0.05, 0.1) is 10.6 Å². The molecule has 1 aliphatic heterocycles. The molecule has 8 nitrogen and oxygen atoms in total. The molecule has 5 rings (SSSR count). The number of benzene rings is 1. The SMILES string of the molecule is Cc1noc(C2CCN(C(=O)c3nc(-c4cccs4)n(-c4cccc(F)c4)n3)CC2)n1. The number of hydrogen-bond donors (Lipinski definition) is 0. The van der Waals surface area contributed by atoms with Crippen LogP contribution in [0.2, 0.25) is 0 Å². The first kappa shape index (κ1) is 19.6. The average molecular weight is 438 g/mol. The minimum absolute atomic E-state index is 0.0970. The van der Waals surface area contributed by atoms with E-state index in [1.807, 2.05) is 17.5 Å². The van der Waals surface area contributed by atoms with E-state index in [4.69, 9.17) is 4.52 Å². The number of rotatable bonds is 4. The van der Waals surface area contributed by atoms with Gasteiger partial charge < -0.3 is 9.42 Å². The first-order valence-corrected chi connectivity index (χ1v) is 10.8. The lowest BCUT2D eigenvalue weighted by Crippen LogP contribution is -2.38. The van der Waals surface area contributed by atoms with Gasteiger partial charge in [-0.25, -0.2) is 14.1 Å². The Morgan fingerprint density at radius 3 is 2.71 bits per heavy atom. The minimum Gasteiger partial charge on any atom is -0.339 e. The number of thiophene rings is 1. The van der Waals surface area contributed by atoms with Crippen molar-refractivity contribution in [1.82, 2.24) is 29.8 Å². The van der Waals surface area contributed by atoms with E-state index in [0.29, 0.717) is 36.3 Å². The Kier molecular flexibility index (Phi) is 5.06. The molecule has 0 unspecified atom stereocenters. The molecule has 0 bridgehead atoms. The zero-order valence-electron chi connectivity index (χ0n) is 16.7. The highest BCUT2D eigenvalue weighted by molar-refractivity contribution is 7.13. The highest BCUT2D eigenvalue weighted by Crippen LogP contribution is 2.29. The van der Waals surface area contributed by atoms with E-state index < -0.39 is 0 Å². The summed E-state index contributed by atoms with van der Waals surface area (Å²) in [4.78, 5) is 24.6. The van der Waals surface area contributed by atoms with Crippen LogP contribution < -0.4 is 0 Å². The zero-order chi connectivity index (χ0) is 21.4. The maximum atomic E-state index is 13.8. The highest BCUT2D eigenvalue weighted by atomic mass is 32.1. The molecule has 1 aliphatic rings. The molecule has 31 heavy (non-hydrogen) atoms. The van der Waals surface area contributed by atoms with Crippen LogP contribution in [0.1, 0.15) is 41.1 Å². The van der Waals surface area contributed by atoms with Gasteiger partial charge >= 0.3 is 0 Å². The number of halogens is 1. The number of hydrogen-bond acceptors (Lipinski definition) is 7. The molecule has 1 saturated heterocycles. The standard InChI is InChI=1S/C21H19FN6O2S/c1-13-23-20(30-26-13)14-7-9-27(10-8-14)21(29)18-24-19(17-6-3-11-31-17)28(25-18)16-5-2-4-15(22)12-16/h2-6,11-12,14H,7-10H2,1H3. The number of carbonyl (C=O) groups excluding carboxylic acids is 1. The summed E-state index contributed by atoms with van der Waals surface area (Å²) in [5.74, 6) is 1.37. The summed E-state index contributed by atoms with van der Waals surface area (Å²) in [6.45, 7) is 2.89. The van der Waals surface area contributed by atoms with Gasteiger partial charge in [0.2, 0.25) is 11.7 Å². The van der Waals surface area contributed by atoms with E-state index >= 15 is 0 Å². The van der Waals surface area contributed by atoms with Gasteiger partial charge in [-0.3, -0.25) is 4.79 Å². The Labute approximate surface area is 181 Å². The Morgan fingerprint density at radius 2 is 2.03 bits per heavy atom. The van der Waals surface area contributed by atoms with E-state index in [0.717, 1.165) is 17.7 Å². The molecule has 158 valence electrons. The van der Waals surface area contributed by atoms with Crippen LogP contribution in [0, 0.1) is 12.7 Å². The normalized spacial score (nSPS) is 14.8. The fourth-order valence-corrected chi connectivity index (χ4v) is 4.40. The molecule has 0 spiro atoms. The van der Waals surface area contributed by atoms with Crippen LogP contribution >= 0.6 is 11.3 Å². The summed E-state index contributed by atoms with van der Waals surface area (Å²) in [5, 5.41) is 10.2. The molecular weight excluding hydrogens is 419 g/mol. The number of nitrogens with zero attached hydrogens (tertiary/aromatic N) is 6. The van der Waals surface area contributed by atoms with Gasteiger partial charge in [-0.2, -0.15) is 4.98 Å². The first-order valence-electron chi connectivity index (χ1n) is 9.95. The van der Waals surface area contributed by atoms with Crippen molar-refractivity contribution in [2.24, 2.45) is 0 Å². The van der Waals surface area contributed by atoms with E-state index in [1.165, 1.54) is 28.2 Å². The van der Waals surface area contributed by atoms with Gasteiger partial charge in [0, 0.05) is 19.0 Å². The number of amides is 1. The van der Waals surface area contributed by atoms with Crippen molar-refractivity contribution >= 4 is 17.2 Å². The highest BCUT2D eigenvalue weighted by Gasteiger charge is 2.30. The lowest BCUT2D eigenvalue weighted by molar-refractivity contribution is 0.0692. The summed E-state index contributed by atoms with van der Waals surface area (Å²) < 4.78 is 20.6. The maximum Gasteiger partial charge on any atom is 0.293 e. The van der Waals surface area contributed by atoms with Crippen LogP contribution in [0.3, 0.4) is 0 Å². The molecule has 0 saturated carbocycles. The first-order chi connectivity index (χ1) is 15.1. The Bertz CT molecular complexity index is 1210. The number of aryl methyl sites for hydroxylation is 1. The van der Waals surface area contributed by atoms with Crippen molar-refractivity contribution in [2.45, 2.75) is 25.7 Å². The third-order valence-corrected chi connectivity index (χ3v) is 6.13. The minimum atomic E-state index is -0.378. The van der Waals surface area contributed by atoms with Crippen molar-refractivity contribution in [1.29, 1.82) is 0 Å². The van der Waals surface area contributed by atoms with E-state index in [1.54, 1.807) is 24.0 Å². The summed E-state index contributed by atoms with van der Waals surface area (Å²) in [5.41, 5.74) is 0.514. The molecule has 4 aromatic rings. The number of piperidine rings is 1. The van der Waals surface area contributed by atoms with Gasteiger partial charge in [0.25, 0.3) is 5.91 Å². The van der Waals surface area contributed by atoms with Crippen LogP contribution in [0.25, 0.3) is 16.4 Å². The fourth-order valence-electron chi connectivity index (χ4n) is 3.71. The van der Waals surface area contributed by atoms with Crippen LogP contribution in [0.4, 0.5) is 4.39 Å². The van der Waals surface area contributed by atoms with Crippen molar-refractivity contribution in [2.75, 3.05) is 13.1 Å². The quantitative estimate of drug-likeness (QED) is 0.481. The summed E-state index contributed by atoms with van der Waals surface area (Å²) in [6.07, 6.45) is 1.46. The molecular formula is C21H19FN6O2S. The largest absolute Gasteiger partial charge is 0.339 e. The average Bonchev–Trinajstić information content (AvgIpc) is 3.53. The van der Waals surface area contributed by atoms with Crippen molar-refractivity contribution in [3.05, 3.63) is 65.1 Å². The maximum absolute atomic E-state index is 13.8. The van der Waals surface area contributed by atoms with Crippen LogP contribution in [-0.4, -0.2) is 48.8 Å². The van der Waals surface area contributed by atoms with Crippen LogP contribution in [-0.2, 0) is 0 Å². The molecule has 1 aromatic carbocycles. The molecule has 4 heterocycles. The van der Waals surface area contributed by atoms with Gasteiger partial charge in [-0.05, 0) is 49.4 Å². The lowest BCUT2D eigenvalue weighted by atomic mass is 9.96. The Balaban J connectivity index is 1.40. The summed E-state index contributed by atoms with van der Waals surface area (Å²) in [6, 6.07) is 9.88. The molecule has 0 atom stereocenters. The van der Waals surface area contributed by atoms with Crippen LogP contribution in [0.15, 0.2) is 46.3 Å². The third kappa shape index (κ3) is 3.86. The summed E-state index contributed by atoms with van der Waals surface area (Å²) >= 11 is 1.48. The number of carbonyl (C=O) groups is 1. The topological polar surface area (TPSA) is 89.9 Å². The van der Waals surface area contributed by atoms with Gasteiger partial charge in [-0.15, -0.1) is 16.4 Å². The number of likely N-dealkylation sites (tertiary alicyclic amines) is 1. The molecule has 0 radical (unpaired) electrons. The monoisotopic (exact) mass is 438 g/mol. The zero-order valence-corrected chi connectivity index (χ0v) is 17.5. The molecule has 1 fully saturated rings. The van der Waals surface area contributed by atoms with Crippen molar-refractivity contribution < 1.29 is 13.7 Å². The van der Waals surface area contributed by atoms with Gasteiger partial charge in [0.15, 0.2) is 11.6 Å². The fraction of sp³-hybridized carbons (Fsp3) is 0.286. The van der Waals surface area contributed by atoms with Gasteiger partial charge in [-0.1, -0.05) is 17.3 Å². The molecule has 1 amide bonds. The second kappa shape index (κ2) is 8.03. The Hall–Kier alpha value is -3.40. The second-order valence-corrected chi connectivity index (χ2v) is 8.32. The van der Waals surface area contributed by atoms with Crippen LogP contribution in [0.5, 0.6) is 0 Å². The van der Waals surface area contributed by atoms with E-state index in [-0.39, 0.29) is 23.5 Å².